The van der Waals surface area contributed by atoms with Crippen molar-refractivity contribution in [1.29, 1.82) is 0 Å². The predicted molar refractivity (Wildman–Crippen MR) is 85.8 cm³/mol. The first-order valence-electron chi connectivity index (χ1n) is 7.36. The third kappa shape index (κ3) is 4.90. The van der Waals surface area contributed by atoms with Gasteiger partial charge < -0.3 is 4.74 Å². The zero-order valence-corrected chi connectivity index (χ0v) is 13.7. The Labute approximate surface area is 139 Å². The van der Waals surface area contributed by atoms with Crippen molar-refractivity contribution >= 4 is 11.6 Å². The van der Waals surface area contributed by atoms with Gasteiger partial charge in [0.25, 0.3) is 0 Å². The van der Waals surface area contributed by atoms with Gasteiger partial charge in [-0.05, 0) is 41.7 Å². The van der Waals surface area contributed by atoms with Gasteiger partial charge in [-0.25, -0.2) is 4.39 Å². The number of hydrogen-bond donors (Lipinski definition) is 0. The lowest BCUT2D eigenvalue weighted by Crippen LogP contribution is -2.07. The maximum absolute atomic E-state index is 13.9. The highest BCUT2D eigenvalue weighted by Gasteiger charge is 2.14. The number of alkyl halides is 2. The van der Waals surface area contributed by atoms with E-state index in [1.54, 1.807) is 18.2 Å². The van der Waals surface area contributed by atoms with Crippen LogP contribution in [-0.2, 0) is 12.8 Å². The maximum Gasteiger partial charge on any atom is 0.387 e. The lowest BCUT2D eigenvalue weighted by Gasteiger charge is -2.14. The molecule has 0 aromatic heterocycles. The summed E-state index contributed by atoms with van der Waals surface area (Å²) in [5.74, 6) is 0.0284. The van der Waals surface area contributed by atoms with Crippen molar-refractivity contribution in [2.24, 2.45) is 5.92 Å². The topological polar surface area (TPSA) is 9.23 Å². The Bertz CT molecular complexity index is 651. The Kier molecular flexibility index (Phi) is 5.94. The second kappa shape index (κ2) is 7.73. The van der Waals surface area contributed by atoms with Crippen LogP contribution in [0.2, 0.25) is 5.02 Å². The van der Waals surface area contributed by atoms with E-state index in [0.717, 1.165) is 0 Å². The van der Waals surface area contributed by atoms with Gasteiger partial charge in [0, 0.05) is 17.0 Å². The Hall–Kier alpha value is -1.68. The van der Waals surface area contributed by atoms with Crippen LogP contribution in [0.5, 0.6) is 5.75 Å². The van der Waals surface area contributed by atoms with Crippen LogP contribution in [-0.4, -0.2) is 6.61 Å². The molecule has 0 spiro atoms. The van der Waals surface area contributed by atoms with Crippen LogP contribution in [0.25, 0.3) is 0 Å². The molecule has 0 atom stereocenters. The first kappa shape index (κ1) is 17.7. The molecule has 0 saturated carbocycles. The number of halogens is 4. The summed E-state index contributed by atoms with van der Waals surface area (Å²) in [5.41, 5.74) is 1.72. The molecule has 0 unspecified atom stereocenters. The smallest absolute Gasteiger partial charge is 0.387 e. The fourth-order valence-electron chi connectivity index (χ4n) is 2.43. The average Bonchev–Trinajstić information content (AvgIpc) is 2.44. The van der Waals surface area contributed by atoms with Gasteiger partial charge in [0.05, 0.1) is 0 Å². The molecule has 0 fully saturated rings. The van der Waals surface area contributed by atoms with Gasteiger partial charge in [-0.1, -0.05) is 43.6 Å². The van der Waals surface area contributed by atoms with Crippen molar-refractivity contribution in [2.45, 2.75) is 33.3 Å². The average molecular weight is 343 g/mol. The third-order valence-electron chi connectivity index (χ3n) is 3.42. The molecule has 0 heterocycles. The third-order valence-corrected chi connectivity index (χ3v) is 3.77. The minimum Gasteiger partial charge on any atom is -0.435 e. The molecule has 0 amide bonds. The molecule has 0 radical (unpaired) electrons. The molecule has 0 aliphatic heterocycles. The van der Waals surface area contributed by atoms with Gasteiger partial charge >= 0.3 is 6.61 Å². The van der Waals surface area contributed by atoms with E-state index in [1.165, 1.54) is 18.2 Å². The van der Waals surface area contributed by atoms with E-state index in [4.69, 9.17) is 11.6 Å². The van der Waals surface area contributed by atoms with Crippen LogP contribution in [0.15, 0.2) is 36.4 Å². The molecule has 2 rings (SSSR count). The first-order chi connectivity index (χ1) is 10.9. The molecule has 124 valence electrons. The summed E-state index contributed by atoms with van der Waals surface area (Å²) in [6.07, 6.45) is 0.843. The van der Waals surface area contributed by atoms with Crippen molar-refractivity contribution in [1.82, 2.24) is 0 Å². The Morgan fingerprint density at radius 2 is 1.87 bits per heavy atom. The van der Waals surface area contributed by atoms with Gasteiger partial charge in [-0.3, -0.25) is 0 Å². The summed E-state index contributed by atoms with van der Waals surface area (Å²) in [5, 5.41) is 0.313. The highest BCUT2D eigenvalue weighted by atomic mass is 35.5. The van der Waals surface area contributed by atoms with E-state index in [2.05, 4.69) is 4.74 Å². The summed E-state index contributed by atoms with van der Waals surface area (Å²) in [4.78, 5) is 0. The Morgan fingerprint density at radius 1 is 1.13 bits per heavy atom. The number of hydrogen-bond acceptors (Lipinski definition) is 1. The largest absolute Gasteiger partial charge is 0.435 e. The van der Waals surface area contributed by atoms with Gasteiger partial charge in [0.1, 0.15) is 11.6 Å². The van der Waals surface area contributed by atoms with Crippen molar-refractivity contribution in [3.05, 3.63) is 63.9 Å². The molecule has 0 aliphatic rings. The molecule has 5 heteroatoms. The molecular formula is C18H18ClF3O. The van der Waals surface area contributed by atoms with Crippen molar-refractivity contribution in [3.8, 4) is 5.75 Å². The van der Waals surface area contributed by atoms with Crippen LogP contribution >= 0.6 is 11.6 Å². The zero-order valence-electron chi connectivity index (χ0n) is 13.0. The summed E-state index contributed by atoms with van der Waals surface area (Å²) in [7, 11) is 0. The van der Waals surface area contributed by atoms with Crippen LogP contribution in [0.3, 0.4) is 0 Å². The predicted octanol–water partition coefficient (Wildman–Crippen LogP) is 5.87. The molecule has 0 aliphatic carbocycles. The molecule has 23 heavy (non-hydrogen) atoms. The molecule has 2 aromatic carbocycles. The summed E-state index contributed by atoms with van der Waals surface area (Å²) in [6, 6.07) is 9.53. The van der Waals surface area contributed by atoms with E-state index >= 15 is 0 Å². The fourth-order valence-corrected chi connectivity index (χ4v) is 2.66. The molecule has 1 nitrogen and oxygen atoms in total. The summed E-state index contributed by atoms with van der Waals surface area (Å²) in [6.45, 7) is 1.10. The Morgan fingerprint density at radius 3 is 2.48 bits per heavy atom. The summed E-state index contributed by atoms with van der Waals surface area (Å²) < 4.78 is 43.7. The highest BCUT2D eigenvalue weighted by molar-refractivity contribution is 6.31. The van der Waals surface area contributed by atoms with Crippen LogP contribution in [0.4, 0.5) is 13.2 Å². The van der Waals surface area contributed by atoms with E-state index in [-0.39, 0.29) is 12.2 Å². The lowest BCUT2D eigenvalue weighted by molar-refractivity contribution is -0.0505. The van der Waals surface area contributed by atoms with Crippen LogP contribution < -0.4 is 4.74 Å². The van der Waals surface area contributed by atoms with Gasteiger partial charge in [-0.2, -0.15) is 8.78 Å². The van der Waals surface area contributed by atoms with E-state index in [9.17, 15) is 13.2 Å². The maximum atomic E-state index is 13.9. The molecule has 2 aromatic rings. The molecule has 0 saturated heterocycles. The monoisotopic (exact) mass is 342 g/mol. The van der Waals surface area contributed by atoms with Crippen molar-refractivity contribution < 1.29 is 17.9 Å². The zero-order chi connectivity index (χ0) is 17.0. The minimum absolute atomic E-state index is 0.138. The first-order valence-corrected chi connectivity index (χ1v) is 7.74. The second-order valence-corrected chi connectivity index (χ2v) is 6.20. The van der Waals surface area contributed by atoms with Crippen molar-refractivity contribution in [2.75, 3.05) is 0 Å². The fraction of sp³-hybridized carbons (Fsp3) is 0.333. The van der Waals surface area contributed by atoms with E-state index < -0.39 is 12.4 Å². The van der Waals surface area contributed by atoms with Gasteiger partial charge in [-0.15, -0.1) is 0 Å². The number of benzene rings is 2. The quantitative estimate of drug-likeness (QED) is 0.638. The molecule has 0 bridgehead atoms. The standard InChI is InChI=1S/C18H18ClF3O/c1-11(2)8-13-7-6-12(10-17(13)23-18(21)22)9-14-15(19)4-3-5-16(14)20/h3-7,10-11,18H,8-9H2,1-2H3. The van der Waals surface area contributed by atoms with E-state index in [0.29, 0.717) is 34.1 Å². The highest BCUT2D eigenvalue weighted by Crippen LogP contribution is 2.28. The summed E-state index contributed by atoms with van der Waals surface area (Å²) >= 11 is 6.01. The van der Waals surface area contributed by atoms with E-state index in [1.807, 2.05) is 13.8 Å². The number of rotatable bonds is 6. The molecular weight excluding hydrogens is 325 g/mol. The van der Waals surface area contributed by atoms with Gasteiger partial charge in [0.2, 0.25) is 0 Å². The SMILES string of the molecule is CC(C)Cc1ccc(Cc2c(F)cccc2Cl)cc1OC(F)F. The van der Waals surface area contributed by atoms with Crippen molar-refractivity contribution in [3.63, 3.8) is 0 Å². The normalized spacial score (nSPS) is 11.3. The number of ether oxygens (including phenoxy) is 1. The van der Waals surface area contributed by atoms with Crippen LogP contribution in [0, 0.1) is 11.7 Å². The lowest BCUT2D eigenvalue weighted by atomic mass is 9.98. The van der Waals surface area contributed by atoms with Crippen LogP contribution in [0.1, 0.15) is 30.5 Å². The minimum atomic E-state index is -2.90. The Balaban J connectivity index is 2.33. The second-order valence-electron chi connectivity index (χ2n) is 5.80. The molecule has 0 N–H and O–H groups in total. The van der Waals surface area contributed by atoms with Gasteiger partial charge in [0.15, 0.2) is 0 Å².